The van der Waals surface area contributed by atoms with Crippen LogP contribution in [0.3, 0.4) is 0 Å². The maximum Gasteiger partial charge on any atom is 0.234 e. The summed E-state index contributed by atoms with van der Waals surface area (Å²) in [5.74, 6) is 0.0246. The fourth-order valence-electron chi connectivity index (χ4n) is 2.50. The molecule has 0 fully saturated rings. The van der Waals surface area contributed by atoms with Crippen molar-refractivity contribution in [2.45, 2.75) is 32.9 Å². The number of nitrogens with zero attached hydrogens (tertiary/aromatic N) is 3. The van der Waals surface area contributed by atoms with Gasteiger partial charge in [-0.05, 0) is 44.7 Å². The molecule has 1 N–H and O–H groups in total. The Labute approximate surface area is 137 Å². The first-order valence-corrected chi connectivity index (χ1v) is 7.82. The number of hydrogen-bond acceptors (Lipinski definition) is 4. The van der Waals surface area contributed by atoms with Crippen molar-refractivity contribution in [3.05, 3.63) is 59.7 Å². The van der Waals surface area contributed by atoms with Gasteiger partial charge in [0.15, 0.2) is 0 Å². The second-order valence-corrected chi connectivity index (χ2v) is 5.98. The first-order chi connectivity index (χ1) is 11.0. The van der Waals surface area contributed by atoms with Gasteiger partial charge in [-0.25, -0.2) is 0 Å². The van der Waals surface area contributed by atoms with Crippen molar-refractivity contribution >= 4 is 5.91 Å². The third-order valence-corrected chi connectivity index (χ3v) is 3.46. The zero-order valence-corrected chi connectivity index (χ0v) is 14.0. The molecule has 0 saturated carbocycles. The number of pyridine rings is 2. The maximum atomic E-state index is 12.1. The van der Waals surface area contributed by atoms with Crippen LogP contribution in [0.2, 0.25) is 0 Å². The second kappa shape index (κ2) is 8.39. The fourth-order valence-corrected chi connectivity index (χ4v) is 2.50. The number of amides is 1. The summed E-state index contributed by atoms with van der Waals surface area (Å²) in [7, 11) is 1.93. The first-order valence-electron chi connectivity index (χ1n) is 7.82. The van der Waals surface area contributed by atoms with E-state index in [4.69, 9.17) is 0 Å². The lowest BCUT2D eigenvalue weighted by Crippen LogP contribution is -2.40. The van der Waals surface area contributed by atoms with Crippen molar-refractivity contribution in [3.63, 3.8) is 0 Å². The topological polar surface area (TPSA) is 58.1 Å². The first kappa shape index (κ1) is 17.1. The van der Waals surface area contributed by atoms with Crippen LogP contribution < -0.4 is 5.32 Å². The molecule has 0 spiro atoms. The lowest BCUT2D eigenvalue weighted by atomic mass is 10.1. The monoisotopic (exact) mass is 312 g/mol. The van der Waals surface area contributed by atoms with Gasteiger partial charge >= 0.3 is 0 Å². The molecule has 5 heteroatoms. The number of carbonyl (C=O) groups excluding carboxylic acids is 1. The average Bonchev–Trinajstić information content (AvgIpc) is 2.47. The molecule has 0 radical (unpaired) electrons. The molecule has 0 aliphatic rings. The summed E-state index contributed by atoms with van der Waals surface area (Å²) >= 11 is 0. The van der Waals surface area contributed by atoms with Crippen LogP contribution in [0.1, 0.15) is 23.9 Å². The molecule has 2 aromatic heterocycles. The van der Waals surface area contributed by atoms with E-state index in [0.717, 1.165) is 23.4 Å². The molecule has 5 nitrogen and oxygen atoms in total. The van der Waals surface area contributed by atoms with Gasteiger partial charge in [0.1, 0.15) is 0 Å². The van der Waals surface area contributed by atoms with Gasteiger partial charge in [-0.2, -0.15) is 0 Å². The van der Waals surface area contributed by atoms with Crippen molar-refractivity contribution in [2.24, 2.45) is 0 Å². The van der Waals surface area contributed by atoms with Crippen LogP contribution in [0.5, 0.6) is 0 Å². The molecule has 0 aliphatic heterocycles. The zero-order chi connectivity index (χ0) is 16.7. The minimum Gasteiger partial charge on any atom is -0.352 e. The van der Waals surface area contributed by atoms with E-state index in [1.54, 1.807) is 6.20 Å². The van der Waals surface area contributed by atoms with E-state index in [9.17, 15) is 4.79 Å². The Balaban J connectivity index is 1.77. The summed E-state index contributed by atoms with van der Waals surface area (Å²) in [4.78, 5) is 22.7. The molecule has 0 bridgehead atoms. The number of aryl methyl sites for hydroxylation is 1. The minimum absolute atomic E-state index is 0.0246. The van der Waals surface area contributed by atoms with Gasteiger partial charge < -0.3 is 5.32 Å². The molecular weight excluding hydrogens is 288 g/mol. The standard InChI is InChI=1S/C18H24N4O/c1-14-6-4-8-17(20-14)10-15(2)21-18(23)13-22(3)12-16-7-5-9-19-11-16/h4-9,11,15H,10,12-13H2,1-3H3,(H,21,23)/t15-/m1/s1. The largest absolute Gasteiger partial charge is 0.352 e. The third kappa shape index (κ3) is 6.16. The smallest absolute Gasteiger partial charge is 0.234 e. The van der Waals surface area contributed by atoms with Crippen molar-refractivity contribution in [3.8, 4) is 0 Å². The van der Waals surface area contributed by atoms with Gasteiger partial charge in [0, 0.05) is 42.8 Å². The second-order valence-electron chi connectivity index (χ2n) is 5.98. The lowest BCUT2D eigenvalue weighted by molar-refractivity contribution is -0.122. The summed E-state index contributed by atoms with van der Waals surface area (Å²) in [5, 5.41) is 3.03. The fraction of sp³-hybridized carbons (Fsp3) is 0.389. The molecule has 122 valence electrons. The van der Waals surface area contributed by atoms with Gasteiger partial charge in [0.05, 0.1) is 6.54 Å². The molecule has 0 aliphatic carbocycles. The van der Waals surface area contributed by atoms with Crippen LogP contribution in [0, 0.1) is 6.92 Å². The van der Waals surface area contributed by atoms with Crippen LogP contribution >= 0.6 is 0 Å². The minimum atomic E-state index is 0.0246. The average molecular weight is 312 g/mol. The Kier molecular flexibility index (Phi) is 6.23. The summed E-state index contributed by atoms with van der Waals surface area (Å²) in [6, 6.07) is 9.93. The van der Waals surface area contributed by atoms with Crippen LogP contribution in [0.15, 0.2) is 42.7 Å². The lowest BCUT2D eigenvalue weighted by Gasteiger charge is -2.19. The van der Waals surface area contributed by atoms with Gasteiger partial charge in [-0.3, -0.25) is 19.7 Å². The van der Waals surface area contributed by atoms with Crippen LogP contribution in [-0.4, -0.2) is 40.4 Å². The molecule has 0 unspecified atom stereocenters. The van der Waals surface area contributed by atoms with Gasteiger partial charge in [-0.1, -0.05) is 12.1 Å². The number of hydrogen-bond donors (Lipinski definition) is 1. The van der Waals surface area contributed by atoms with E-state index >= 15 is 0 Å². The molecule has 1 amide bonds. The third-order valence-electron chi connectivity index (χ3n) is 3.46. The van der Waals surface area contributed by atoms with E-state index in [1.165, 1.54) is 0 Å². The molecule has 1 atom stereocenters. The Morgan fingerprint density at radius 2 is 2.13 bits per heavy atom. The summed E-state index contributed by atoms with van der Waals surface area (Å²) < 4.78 is 0. The predicted molar refractivity (Wildman–Crippen MR) is 90.9 cm³/mol. The summed E-state index contributed by atoms with van der Waals surface area (Å²) in [6.07, 6.45) is 4.30. The highest BCUT2D eigenvalue weighted by molar-refractivity contribution is 5.78. The van der Waals surface area contributed by atoms with Crippen molar-refractivity contribution in [1.82, 2.24) is 20.2 Å². The van der Waals surface area contributed by atoms with Gasteiger partial charge in [0.25, 0.3) is 0 Å². The quantitative estimate of drug-likeness (QED) is 0.849. The van der Waals surface area contributed by atoms with E-state index in [1.807, 2.05) is 62.3 Å². The summed E-state index contributed by atoms with van der Waals surface area (Å²) in [6.45, 7) is 5.04. The molecule has 0 aromatic carbocycles. The Hall–Kier alpha value is -2.27. The van der Waals surface area contributed by atoms with E-state index < -0.39 is 0 Å². The maximum absolute atomic E-state index is 12.1. The Morgan fingerprint density at radius 1 is 1.30 bits per heavy atom. The predicted octanol–water partition coefficient (Wildman–Crippen LogP) is 1.96. The highest BCUT2D eigenvalue weighted by Crippen LogP contribution is 2.03. The van der Waals surface area contributed by atoms with Crippen LogP contribution in [-0.2, 0) is 17.8 Å². The van der Waals surface area contributed by atoms with Crippen LogP contribution in [0.25, 0.3) is 0 Å². The number of aromatic nitrogens is 2. The number of likely N-dealkylation sites (N-methyl/N-ethyl adjacent to an activating group) is 1. The van der Waals surface area contributed by atoms with Crippen molar-refractivity contribution in [1.29, 1.82) is 0 Å². The van der Waals surface area contributed by atoms with E-state index in [2.05, 4.69) is 15.3 Å². The van der Waals surface area contributed by atoms with Crippen molar-refractivity contribution in [2.75, 3.05) is 13.6 Å². The molecule has 2 rings (SSSR count). The SMILES string of the molecule is Cc1cccc(C[C@@H](C)NC(=O)CN(C)Cc2cccnc2)n1. The van der Waals surface area contributed by atoms with E-state index in [-0.39, 0.29) is 11.9 Å². The Morgan fingerprint density at radius 3 is 2.83 bits per heavy atom. The zero-order valence-electron chi connectivity index (χ0n) is 14.0. The van der Waals surface area contributed by atoms with Crippen LogP contribution in [0.4, 0.5) is 0 Å². The normalized spacial score (nSPS) is 12.2. The number of nitrogens with one attached hydrogen (secondary N) is 1. The highest BCUT2D eigenvalue weighted by atomic mass is 16.2. The summed E-state index contributed by atoms with van der Waals surface area (Å²) in [5.41, 5.74) is 3.10. The number of rotatable bonds is 7. The molecule has 2 heterocycles. The molecule has 23 heavy (non-hydrogen) atoms. The molecular formula is C18H24N4O. The van der Waals surface area contributed by atoms with E-state index in [0.29, 0.717) is 13.1 Å². The molecule has 0 saturated heterocycles. The van der Waals surface area contributed by atoms with Crippen molar-refractivity contribution < 1.29 is 4.79 Å². The van der Waals surface area contributed by atoms with Gasteiger partial charge in [0.2, 0.25) is 5.91 Å². The molecule has 2 aromatic rings. The number of carbonyl (C=O) groups is 1. The highest BCUT2D eigenvalue weighted by Gasteiger charge is 2.11. The Bertz CT molecular complexity index is 630. The van der Waals surface area contributed by atoms with Gasteiger partial charge in [-0.15, -0.1) is 0 Å².